The van der Waals surface area contributed by atoms with Crippen molar-refractivity contribution >= 4 is 23.2 Å². The van der Waals surface area contributed by atoms with Crippen LogP contribution in [0.5, 0.6) is 0 Å². The molecule has 19 heavy (non-hydrogen) atoms. The molecule has 0 aromatic heterocycles. The summed E-state index contributed by atoms with van der Waals surface area (Å²) in [5.41, 5.74) is 3.10. The fourth-order valence-electron chi connectivity index (χ4n) is 2.70. The van der Waals surface area contributed by atoms with Crippen LogP contribution >= 0.6 is 11.6 Å². The van der Waals surface area contributed by atoms with Crippen LogP contribution in [0.2, 0.25) is 5.02 Å². The highest BCUT2D eigenvalue weighted by Gasteiger charge is 2.19. The number of carbonyl (C=O) groups is 1. The van der Waals surface area contributed by atoms with Crippen LogP contribution in [0.1, 0.15) is 11.1 Å². The summed E-state index contributed by atoms with van der Waals surface area (Å²) in [6, 6.07) is 3.96. The van der Waals surface area contributed by atoms with E-state index in [-0.39, 0.29) is 5.91 Å². The number of nitrogens with zero attached hydrogens (tertiary/aromatic N) is 1. The van der Waals surface area contributed by atoms with Crippen LogP contribution in [0.15, 0.2) is 12.1 Å². The predicted octanol–water partition coefficient (Wildman–Crippen LogP) is 1.28. The first kappa shape index (κ1) is 12.9. The molecule has 2 aliphatic rings. The van der Waals surface area contributed by atoms with Gasteiger partial charge >= 0.3 is 0 Å². The van der Waals surface area contributed by atoms with Crippen molar-refractivity contribution in [2.24, 2.45) is 0 Å². The second-order valence-corrected chi connectivity index (χ2v) is 5.57. The van der Waals surface area contributed by atoms with Gasteiger partial charge in [0, 0.05) is 43.4 Å². The summed E-state index contributed by atoms with van der Waals surface area (Å²) in [6.07, 6.45) is 1.42. The highest BCUT2D eigenvalue weighted by Crippen LogP contribution is 2.30. The zero-order valence-electron chi connectivity index (χ0n) is 10.8. The molecule has 0 unspecified atom stereocenters. The lowest BCUT2D eigenvalue weighted by molar-refractivity contribution is -0.115. The summed E-state index contributed by atoms with van der Waals surface area (Å²) in [6.45, 7) is 5.36. The van der Waals surface area contributed by atoms with Crippen LogP contribution < -0.4 is 10.6 Å². The van der Waals surface area contributed by atoms with Crippen molar-refractivity contribution in [3.05, 3.63) is 28.3 Å². The van der Waals surface area contributed by atoms with E-state index in [1.54, 1.807) is 0 Å². The minimum atomic E-state index is 0.0605. The van der Waals surface area contributed by atoms with E-state index in [0.29, 0.717) is 6.42 Å². The first-order valence-electron chi connectivity index (χ1n) is 6.76. The van der Waals surface area contributed by atoms with Crippen molar-refractivity contribution in [1.82, 2.24) is 10.2 Å². The number of piperazine rings is 1. The van der Waals surface area contributed by atoms with Gasteiger partial charge in [-0.3, -0.25) is 4.79 Å². The number of hydrogen-bond acceptors (Lipinski definition) is 3. The van der Waals surface area contributed by atoms with Crippen LogP contribution in [0.4, 0.5) is 5.69 Å². The Hall–Kier alpha value is -1.10. The van der Waals surface area contributed by atoms with Gasteiger partial charge in [-0.05, 0) is 23.6 Å². The fourth-order valence-corrected chi connectivity index (χ4v) is 2.96. The molecule has 1 fully saturated rings. The monoisotopic (exact) mass is 279 g/mol. The highest BCUT2D eigenvalue weighted by atomic mass is 35.5. The Labute approximate surface area is 118 Å². The van der Waals surface area contributed by atoms with Gasteiger partial charge in [-0.2, -0.15) is 0 Å². The van der Waals surface area contributed by atoms with E-state index in [2.05, 4.69) is 21.6 Å². The fraction of sp³-hybridized carbons (Fsp3) is 0.500. The van der Waals surface area contributed by atoms with E-state index >= 15 is 0 Å². The van der Waals surface area contributed by atoms with Crippen molar-refractivity contribution < 1.29 is 4.79 Å². The van der Waals surface area contributed by atoms with E-state index in [1.165, 1.54) is 0 Å². The van der Waals surface area contributed by atoms with Gasteiger partial charge < -0.3 is 15.5 Å². The van der Waals surface area contributed by atoms with E-state index in [4.69, 9.17) is 11.6 Å². The summed E-state index contributed by atoms with van der Waals surface area (Å²) in [4.78, 5) is 13.8. The van der Waals surface area contributed by atoms with Gasteiger partial charge in [0.15, 0.2) is 0 Å². The van der Waals surface area contributed by atoms with Crippen molar-refractivity contribution in [2.75, 3.05) is 38.0 Å². The average Bonchev–Trinajstić information content (AvgIpc) is 2.76. The molecule has 1 amide bonds. The quantitative estimate of drug-likeness (QED) is 0.876. The molecule has 0 saturated carbocycles. The van der Waals surface area contributed by atoms with Gasteiger partial charge in [0.05, 0.1) is 6.42 Å². The molecule has 1 aromatic rings. The molecule has 0 spiro atoms. The highest BCUT2D eigenvalue weighted by molar-refractivity contribution is 6.31. The summed E-state index contributed by atoms with van der Waals surface area (Å²) in [7, 11) is 0. The lowest BCUT2D eigenvalue weighted by Crippen LogP contribution is -2.44. The lowest BCUT2D eigenvalue weighted by atomic mass is 10.1. The molecule has 3 rings (SSSR count). The Bertz CT molecular complexity index is 498. The smallest absolute Gasteiger partial charge is 0.228 e. The van der Waals surface area contributed by atoms with Gasteiger partial charge in [-0.1, -0.05) is 17.7 Å². The average molecular weight is 280 g/mol. The Balaban J connectivity index is 1.67. The number of nitrogens with one attached hydrogen (secondary N) is 2. The molecule has 1 aromatic carbocycles. The maximum atomic E-state index is 11.4. The molecule has 2 heterocycles. The number of carbonyl (C=O) groups excluding carboxylic acids is 1. The summed E-state index contributed by atoms with van der Waals surface area (Å²) in [5, 5.41) is 6.94. The van der Waals surface area contributed by atoms with Gasteiger partial charge in [-0.15, -0.1) is 0 Å². The zero-order chi connectivity index (χ0) is 13.2. The largest absolute Gasteiger partial charge is 0.325 e. The van der Waals surface area contributed by atoms with Crippen molar-refractivity contribution in [1.29, 1.82) is 0 Å². The maximum Gasteiger partial charge on any atom is 0.228 e. The van der Waals surface area contributed by atoms with E-state index in [1.807, 2.05) is 6.07 Å². The van der Waals surface area contributed by atoms with E-state index in [9.17, 15) is 4.79 Å². The molecule has 1 saturated heterocycles. The number of hydrogen-bond donors (Lipinski definition) is 2. The first-order chi connectivity index (χ1) is 9.22. The zero-order valence-corrected chi connectivity index (χ0v) is 11.6. The second kappa shape index (κ2) is 5.49. The van der Waals surface area contributed by atoms with Crippen LogP contribution in [0.25, 0.3) is 0 Å². The Morgan fingerprint density at radius 2 is 2.05 bits per heavy atom. The Kier molecular flexibility index (Phi) is 3.73. The van der Waals surface area contributed by atoms with E-state index < -0.39 is 0 Å². The van der Waals surface area contributed by atoms with Crippen LogP contribution in [0.3, 0.4) is 0 Å². The minimum absolute atomic E-state index is 0.0605. The normalized spacial score (nSPS) is 19.3. The second-order valence-electron chi connectivity index (χ2n) is 5.17. The topological polar surface area (TPSA) is 44.4 Å². The summed E-state index contributed by atoms with van der Waals surface area (Å²) >= 11 is 6.29. The molecule has 2 N–H and O–H groups in total. The van der Waals surface area contributed by atoms with Crippen molar-refractivity contribution in [3.8, 4) is 0 Å². The molecule has 102 valence electrons. The number of anilines is 1. The number of rotatable bonds is 3. The van der Waals surface area contributed by atoms with Crippen LogP contribution in [-0.4, -0.2) is 43.5 Å². The molecule has 4 nitrogen and oxygen atoms in total. The number of halogens is 1. The molecular weight excluding hydrogens is 262 g/mol. The third kappa shape index (κ3) is 2.91. The molecular formula is C14H18ClN3O. The molecule has 0 atom stereocenters. The van der Waals surface area contributed by atoms with Crippen molar-refractivity contribution in [2.45, 2.75) is 12.8 Å². The number of amides is 1. The summed E-state index contributed by atoms with van der Waals surface area (Å²) < 4.78 is 0. The molecule has 0 bridgehead atoms. The van der Waals surface area contributed by atoms with Gasteiger partial charge in [-0.25, -0.2) is 0 Å². The molecule has 2 aliphatic heterocycles. The van der Waals surface area contributed by atoms with Crippen LogP contribution in [0, 0.1) is 0 Å². The number of fused-ring (bicyclic) bond motifs is 1. The molecule has 0 aliphatic carbocycles. The first-order valence-corrected chi connectivity index (χ1v) is 7.14. The predicted molar refractivity (Wildman–Crippen MR) is 76.8 cm³/mol. The Morgan fingerprint density at radius 1 is 1.26 bits per heavy atom. The maximum absolute atomic E-state index is 11.4. The molecule has 0 radical (unpaired) electrons. The minimum Gasteiger partial charge on any atom is -0.325 e. The van der Waals surface area contributed by atoms with Gasteiger partial charge in [0.1, 0.15) is 0 Å². The lowest BCUT2D eigenvalue weighted by Gasteiger charge is -2.27. The molecule has 5 heteroatoms. The van der Waals surface area contributed by atoms with Gasteiger partial charge in [0.25, 0.3) is 0 Å². The number of benzene rings is 1. The standard InChI is InChI=1S/C14H18ClN3O/c15-12-9-13-11(8-14(19)17-13)7-10(12)1-4-18-5-2-16-3-6-18/h7,9,16H,1-6,8H2,(H,17,19). The Morgan fingerprint density at radius 3 is 2.84 bits per heavy atom. The third-order valence-electron chi connectivity index (χ3n) is 3.80. The third-order valence-corrected chi connectivity index (χ3v) is 4.16. The van der Waals surface area contributed by atoms with Crippen molar-refractivity contribution in [3.63, 3.8) is 0 Å². The van der Waals surface area contributed by atoms with E-state index in [0.717, 1.165) is 61.0 Å². The summed E-state index contributed by atoms with van der Waals surface area (Å²) in [5.74, 6) is 0.0605. The SMILES string of the molecule is O=C1Cc2cc(CCN3CCNCC3)c(Cl)cc2N1. The van der Waals surface area contributed by atoms with Gasteiger partial charge in [0.2, 0.25) is 5.91 Å². The van der Waals surface area contributed by atoms with Crippen LogP contribution in [-0.2, 0) is 17.6 Å².